The second kappa shape index (κ2) is 5.99. The Balaban J connectivity index is 2.00. The molecule has 0 saturated carbocycles. The zero-order chi connectivity index (χ0) is 14.8. The smallest absolute Gasteiger partial charge is 0.151 e. The SMILES string of the molecule is C[Si](C)(C)c1ccc(CN2CCCS(=O)(=O)CC2)cc1. The van der Waals surface area contributed by atoms with Crippen LogP contribution < -0.4 is 5.19 Å². The Labute approximate surface area is 123 Å². The van der Waals surface area contributed by atoms with E-state index >= 15 is 0 Å². The molecule has 0 aromatic heterocycles. The molecule has 1 aliphatic heterocycles. The molecule has 1 saturated heterocycles. The summed E-state index contributed by atoms with van der Waals surface area (Å²) >= 11 is 0. The summed E-state index contributed by atoms with van der Waals surface area (Å²) in [5, 5.41) is 1.47. The molecule has 0 atom stereocenters. The minimum atomic E-state index is -2.81. The minimum Gasteiger partial charge on any atom is -0.298 e. The summed E-state index contributed by atoms with van der Waals surface area (Å²) in [6, 6.07) is 8.90. The highest BCUT2D eigenvalue weighted by atomic mass is 32.2. The summed E-state index contributed by atoms with van der Waals surface area (Å²) < 4.78 is 23.2. The zero-order valence-electron chi connectivity index (χ0n) is 12.7. The summed E-state index contributed by atoms with van der Waals surface area (Å²) in [5.74, 6) is 0.651. The first kappa shape index (κ1) is 15.7. The van der Waals surface area contributed by atoms with Crippen LogP contribution in [0.15, 0.2) is 24.3 Å². The van der Waals surface area contributed by atoms with Crippen LogP contribution in [0.3, 0.4) is 0 Å². The van der Waals surface area contributed by atoms with E-state index in [9.17, 15) is 8.42 Å². The van der Waals surface area contributed by atoms with Crippen molar-refractivity contribution in [2.24, 2.45) is 0 Å². The van der Waals surface area contributed by atoms with Crippen molar-refractivity contribution in [3.63, 3.8) is 0 Å². The van der Waals surface area contributed by atoms with E-state index < -0.39 is 17.9 Å². The number of hydrogen-bond acceptors (Lipinski definition) is 3. The molecule has 0 bridgehead atoms. The lowest BCUT2D eigenvalue weighted by molar-refractivity contribution is 0.287. The molecule has 1 aromatic rings. The van der Waals surface area contributed by atoms with Crippen molar-refractivity contribution in [3.05, 3.63) is 29.8 Å². The maximum Gasteiger partial charge on any atom is 0.151 e. The molecule has 0 spiro atoms. The molecule has 1 fully saturated rings. The van der Waals surface area contributed by atoms with Gasteiger partial charge in [0, 0.05) is 13.1 Å². The van der Waals surface area contributed by atoms with Gasteiger partial charge in [-0.05, 0) is 18.5 Å². The molecule has 0 amide bonds. The van der Waals surface area contributed by atoms with E-state index in [4.69, 9.17) is 0 Å². The first-order valence-corrected chi connectivity index (χ1v) is 12.6. The van der Waals surface area contributed by atoms with E-state index in [-0.39, 0.29) is 0 Å². The van der Waals surface area contributed by atoms with Crippen molar-refractivity contribution in [3.8, 4) is 0 Å². The molecule has 2 rings (SSSR count). The zero-order valence-corrected chi connectivity index (χ0v) is 14.5. The third kappa shape index (κ3) is 4.43. The third-order valence-corrected chi connectivity index (χ3v) is 7.65. The second-order valence-corrected chi connectivity index (χ2v) is 14.1. The maximum absolute atomic E-state index is 11.6. The predicted molar refractivity (Wildman–Crippen MR) is 88.0 cm³/mol. The Kier molecular flexibility index (Phi) is 4.72. The van der Waals surface area contributed by atoms with E-state index in [0.717, 1.165) is 19.5 Å². The Hall–Kier alpha value is -0.653. The van der Waals surface area contributed by atoms with Gasteiger partial charge in [-0.1, -0.05) is 49.1 Å². The fourth-order valence-electron chi connectivity index (χ4n) is 2.52. The quantitative estimate of drug-likeness (QED) is 0.800. The fourth-order valence-corrected chi connectivity index (χ4v) is 4.99. The Morgan fingerprint density at radius 3 is 2.30 bits per heavy atom. The van der Waals surface area contributed by atoms with Crippen molar-refractivity contribution in [2.75, 3.05) is 24.6 Å². The highest BCUT2D eigenvalue weighted by Gasteiger charge is 2.19. The summed E-state index contributed by atoms with van der Waals surface area (Å²) in [7, 11) is -4.04. The van der Waals surface area contributed by atoms with Crippen LogP contribution in [-0.2, 0) is 16.4 Å². The van der Waals surface area contributed by atoms with Crippen LogP contribution in [0.25, 0.3) is 0 Å². The average Bonchev–Trinajstić information content (AvgIpc) is 2.51. The van der Waals surface area contributed by atoms with Crippen LogP contribution in [0.2, 0.25) is 19.6 Å². The summed E-state index contributed by atoms with van der Waals surface area (Å²) in [6.07, 6.45) is 0.759. The molecule has 3 nitrogen and oxygen atoms in total. The molecule has 0 radical (unpaired) electrons. The number of rotatable bonds is 3. The number of hydrogen-bond donors (Lipinski definition) is 0. The van der Waals surface area contributed by atoms with Gasteiger partial charge in [-0.3, -0.25) is 4.90 Å². The maximum atomic E-state index is 11.6. The Morgan fingerprint density at radius 2 is 1.70 bits per heavy atom. The lowest BCUT2D eigenvalue weighted by atomic mass is 10.2. The van der Waals surface area contributed by atoms with Gasteiger partial charge in [0.1, 0.15) is 0 Å². The van der Waals surface area contributed by atoms with Crippen LogP contribution in [0.5, 0.6) is 0 Å². The van der Waals surface area contributed by atoms with Gasteiger partial charge in [0.2, 0.25) is 0 Å². The van der Waals surface area contributed by atoms with Crippen LogP contribution in [0, 0.1) is 0 Å². The van der Waals surface area contributed by atoms with Crippen molar-refractivity contribution < 1.29 is 8.42 Å². The summed E-state index contributed by atoms with van der Waals surface area (Å²) in [4.78, 5) is 2.26. The lowest BCUT2D eigenvalue weighted by Crippen LogP contribution is -2.37. The van der Waals surface area contributed by atoms with E-state index in [2.05, 4.69) is 48.8 Å². The molecule has 0 N–H and O–H groups in total. The van der Waals surface area contributed by atoms with Gasteiger partial charge in [0.05, 0.1) is 19.6 Å². The Bertz CT molecular complexity index is 546. The van der Waals surface area contributed by atoms with Crippen molar-refractivity contribution in [1.82, 2.24) is 4.90 Å². The molecule has 0 unspecified atom stereocenters. The van der Waals surface area contributed by atoms with E-state index in [1.807, 2.05) is 0 Å². The molecular formula is C15H25NO2SSi. The highest BCUT2D eigenvalue weighted by Crippen LogP contribution is 2.11. The third-order valence-electron chi connectivity index (χ3n) is 3.87. The van der Waals surface area contributed by atoms with Crippen molar-refractivity contribution >= 4 is 23.1 Å². The van der Waals surface area contributed by atoms with Gasteiger partial charge >= 0.3 is 0 Å². The van der Waals surface area contributed by atoms with Crippen LogP contribution in [-0.4, -0.2) is 46.0 Å². The van der Waals surface area contributed by atoms with Gasteiger partial charge in [0.15, 0.2) is 9.84 Å². The van der Waals surface area contributed by atoms with Gasteiger partial charge in [-0.2, -0.15) is 0 Å². The summed E-state index contributed by atoms with van der Waals surface area (Å²) in [6.45, 7) is 9.46. The lowest BCUT2D eigenvalue weighted by Gasteiger charge is -2.21. The van der Waals surface area contributed by atoms with Gasteiger partial charge in [0.25, 0.3) is 0 Å². The largest absolute Gasteiger partial charge is 0.298 e. The predicted octanol–water partition coefficient (Wildman–Crippen LogP) is 1.85. The monoisotopic (exact) mass is 311 g/mol. The van der Waals surface area contributed by atoms with Crippen molar-refractivity contribution in [2.45, 2.75) is 32.6 Å². The van der Waals surface area contributed by atoms with Crippen molar-refractivity contribution in [1.29, 1.82) is 0 Å². The average molecular weight is 312 g/mol. The normalized spacial score (nSPS) is 20.6. The number of benzene rings is 1. The van der Waals surface area contributed by atoms with Crippen LogP contribution in [0.1, 0.15) is 12.0 Å². The topological polar surface area (TPSA) is 37.4 Å². The molecule has 112 valence electrons. The molecular weight excluding hydrogens is 286 g/mol. The molecule has 0 aliphatic carbocycles. The van der Waals surface area contributed by atoms with Crippen LogP contribution >= 0.6 is 0 Å². The minimum absolute atomic E-state index is 0.306. The second-order valence-electron chi connectivity index (χ2n) is 6.73. The van der Waals surface area contributed by atoms with Gasteiger partial charge in [-0.25, -0.2) is 8.42 Å². The van der Waals surface area contributed by atoms with E-state index in [1.54, 1.807) is 0 Å². The molecule has 1 aromatic carbocycles. The highest BCUT2D eigenvalue weighted by molar-refractivity contribution is 7.91. The molecule has 1 heterocycles. The Morgan fingerprint density at radius 1 is 1.05 bits per heavy atom. The van der Waals surface area contributed by atoms with Gasteiger partial charge < -0.3 is 0 Å². The molecule has 5 heteroatoms. The first-order chi connectivity index (χ1) is 9.26. The van der Waals surface area contributed by atoms with Gasteiger partial charge in [-0.15, -0.1) is 0 Å². The number of nitrogens with zero attached hydrogens (tertiary/aromatic N) is 1. The fraction of sp³-hybridized carbons (Fsp3) is 0.600. The molecule has 1 aliphatic rings. The first-order valence-electron chi connectivity index (χ1n) is 7.28. The number of sulfone groups is 1. The van der Waals surface area contributed by atoms with E-state index in [0.29, 0.717) is 18.1 Å². The van der Waals surface area contributed by atoms with Crippen LogP contribution in [0.4, 0.5) is 0 Å². The van der Waals surface area contributed by atoms with E-state index in [1.165, 1.54) is 10.8 Å². The summed E-state index contributed by atoms with van der Waals surface area (Å²) in [5.41, 5.74) is 1.28. The standard InChI is InChI=1S/C15H25NO2SSi/c1-20(2,3)15-7-5-14(6-8-15)13-16-9-4-11-19(17,18)12-10-16/h5-8H,4,9-13H2,1-3H3. The molecule has 20 heavy (non-hydrogen) atoms.